The van der Waals surface area contributed by atoms with Crippen LogP contribution in [0.3, 0.4) is 0 Å². The Balaban J connectivity index is 1.60. The van der Waals surface area contributed by atoms with Crippen molar-refractivity contribution in [2.75, 3.05) is 39.9 Å². The number of amides is 2. The Bertz CT molecular complexity index is 928. The highest BCUT2D eigenvalue weighted by Crippen LogP contribution is 2.18. The van der Waals surface area contributed by atoms with Crippen LogP contribution in [0.2, 0.25) is 0 Å². The van der Waals surface area contributed by atoms with Crippen molar-refractivity contribution in [3.63, 3.8) is 0 Å². The topological polar surface area (TPSA) is 85.4 Å². The van der Waals surface area contributed by atoms with Crippen LogP contribution in [0.1, 0.15) is 34.1 Å². The fraction of sp³-hybridized carbons (Fsp3) is 0.348. The fourth-order valence-electron chi connectivity index (χ4n) is 3.35. The molecule has 2 aromatic carbocycles. The second kappa shape index (κ2) is 10.5. The predicted molar refractivity (Wildman–Crippen MR) is 114 cm³/mol. The van der Waals surface area contributed by atoms with E-state index in [2.05, 4.69) is 0 Å². The van der Waals surface area contributed by atoms with E-state index < -0.39 is 6.16 Å². The Morgan fingerprint density at radius 3 is 2.10 bits per heavy atom. The Hall–Kier alpha value is -3.55. The lowest BCUT2D eigenvalue weighted by atomic mass is 10.2. The van der Waals surface area contributed by atoms with E-state index in [4.69, 9.17) is 14.2 Å². The maximum absolute atomic E-state index is 12.9. The van der Waals surface area contributed by atoms with Gasteiger partial charge < -0.3 is 24.0 Å². The van der Waals surface area contributed by atoms with Gasteiger partial charge in [-0.05, 0) is 55.8 Å². The second-order valence-electron chi connectivity index (χ2n) is 6.98. The largest absolute Gasteiger partial charge is 0.513 e. The van der Waals surface area contributed by atoms with E-state index in [9.17, 15) is 14.4 Å². The van der Waals surface area contributed by atoms with Crippen LogP contribution < -0.4 is 9.47 Å². The zero-order chi connectivity index (χ0) is 22.2. The third kappa shape index (κ3) is 5.75. The summed E-state index contributed by atoms with van der Waals surface area (Å²) in [4.78, 5) is 40.6. The molecule has 0 N–H and O–H groups in total. The van der Waals surface area contributed by atoms with Crippen molar-refractivity contribution in [2.24, 2.45) is 0 Å². The van der Waals surface area contributed by atoms with E-state index in [0.29, 0.717) is 55.2 Å². The second-order valence-corrected chi connectivity index (χ2v) is 6.98. The van der Waals surface area contributed by atoms with E-state index in [1.807, 2.05) is 0 Å². The van der Waals surface area contributed by atoms with E-state index in [1.165, 1.54) is 0 Å². The van der Waals surface area contributed by atoms with Gasteiger partial charge in [-0.3, -0.25) is 9.59 Å². The van der Waals surface area contributed by atoms with E-state index in [-0.39, 0.29) is 18.4 Å². The molecule has 0 radical (unpaired) electrons. The molecule has 1 aliphatic rings. The molecule has 0 bridgehead atoms. The van der Waals surface area contributed by atoms with Crippen LogP contribution in [-0.4, -0.2) is 67.7 Å². The standard InChI is InChI=1S/C23H26N2O6/c1-3-30-23(28)31-19-10-8-17(9-11-19)21(26)24-12-5-13-25(15-14-24)22(27)18-6-4-7-20(16-18)29-2/h4,6-11,16H,3,5,12-15H2,1-2H3. The van der Waals surface area contributed by atoms with E-state index in [1.54, 1.807) is 72.4 Å². The Labute approximate surface area is 181 Å². The summed E-state index contributed by atoms with van der Waals surface area (Å²) in [6.45, 7) is 3.94. The van der Waals surface area contributed by atoms with Crippen molar-refractivity contribution in [1.82, 2.24) is 9.80 Å². The minimum Gasteiger partial charge on any atom is -0.497 e. The van der Waals surface area contributed by atoms with Crippen LogP contribution in [-0.2, 0) is 4.74 Å². The van der Waals surface area contributed by atoms with Crippen LogP contribution in [0.5, 0.6) is 11.5 Å². The van der Waals surface area contributed by atoms with Crippen LogP contribution in [0.25, 0.3) is 0 Å². The molecule has 1 heterocycles. The summed E-state index contributed by atoms with van der Waals surface area (Å²) in [7, 11) is 1.56. The molecule has 0 unspecified atom stereocenters. The number of methoxy groups -OCH3 is 1. The summed E-state index contributed by atoms with van der Waals surface area (Å²) in [6.07, 6.45) is -0.0965. The molecule has 1 fully saturated rings. The number of hydrogen-bond donors (Lipinski definition) is 0. The molecule has 31 heavy (non-hydrogen) atoms. The van der Waals surface area contributed by atoms with Crippen molar-refractivity contribution in [3.8, 4) is 11.5 Å². The number of rotatable bonds is 5. The van der Waals surface area contributed by atoms with Crippen LogP contribution in [0.15, 0.2) is 48.5 Å². The van der Waals surface area contributed by atoms with Gasteiger partial charge in [0, 0.05) is 37.3 Å². The number of benzene rings is 2. The smallest absolute Gasteiger partial charge is 0.497 e. The number of hydrogen-bond acceptors (Lipinski definition) is 6. The molecule has 0 aliphatic carbocycles. The first kappa shape index (κ1) is 22.1. The average molecular weight is 426 g/mol. The van der Waals surface area contributed by atoms with Gasteiger partial charge in [0.25, 0.3) is 11.8 Å². The molecule has 3 rings (SSSR count). The van der Waals surface area contributed by atoms with Gasteiger partial charge in [0.05, 0.1) is 13.7 Å². The van der Waals surface area contributed by atoms with Crippen LogP contribution in [0, 0.1) is 0 Å². The van der Waals surface area contributed by atoms with Gasteiger partial charge in [0.2, 0.25) is 0 Å². The summed E-state index contributed by atoms with van der Waals surface area (Å²) in [5.41, 5.74) is 1.06. The third-order valence-electron chi connectivity index (χ3n) is 4.95. The van der Waals surface area contributed by atoms with Crippen LogP contribution >= 0.6 is 0 Å². The molecular weight excluding hydrogens is 400 g/mol. The quantitative estimate of drug-likeness (QED) is 0.539. The SMILES string of the molecule is CCOC(=O)Oc1ccc(C(=O)N2CCCN(C(=O)c3cccc(OC)c3)CC2)cc1. The Morgan fingerprint density at radius 1 is 0.839 bits per heavy atom. The molecule has 1 aliphatic heterocycles. The predicted octanol–water partition coefficient (Wildman–Crippen LogP) is 3.22. The lowest BCUT2D eigenvalue weighted by molar-refractivity contribution is 0.0718. The summed E-state index contributed by atoms with van der Waals surface area (Å²) < 4.78 is 14.9. The van der Waals surface area contributed by atoms with Gasteiger partial charge in [-0.2, -0.15) is 0 Å². The normalized spacial score (nSPS) is 13.9. The molecule has 0 saturated carbocycles. The van der Waals surface area contributed by atoms with Gasteiger partial charge >= 0.3 is 6.16 Å². The van der Waals surface area contributed by atoms with E-state index >= 15 is 0 Å². The first-order valence-electron chi connectivity index (χ1n) is 10.2. The van der Waals surface area contributed by atoms with Gasteiger partial charge in [0.1, 0.15) is 11.5 Å². The van der Waals surface area contributed by atoms with Gasteiger partial charge in [0.15, 0.2) is 0 Å². The van der Waals surface area contributed by atoms with E-state index in [0.717, 1.165) is 0 Å². The Kier molecular flexibility index (Phi) is 7.48. The van der Waals surface area contributed by atoms with Gasteiger partial charge in [-0.25, -0.2) is 4.79 Å². The zero-order valence-corrected chi connectivity index (χ0v) is 17.7. The number of nitrogens with zero attached hydrogens (tertiary/aromatic N) is 2. The highest BCUT2D eigenvalue weighted by molar-refractivity contribution is 5.95. The van der Waals surface area contributed by atoms with Crippen molar-refractivity contribution in [2.45, 2.75) is 13.3 Å². The maximum atomic E-state index is 12.9. The molecule has 164 valence electrons. The fourth-order valence-corrected chi connectivity index (χ4v) is 3.35. The van der Waals surface area contributed by atoms with Crippen molar-refractivity contribution in [1.29, 1.82) is 0 Å². The monoisotopic (exact) mass is 426 g/mol. The summed E-state index contributed by atoms with van der Waals surface area (Å²) in [5.74, 6) is 0.737. The van der Waals surface area contributed by atoms with Crippen molar-refractivity contribution >= 4 is 18.0 Å². The lowest BCUT2D eigenvalue weighted by Crippen LogP contribution is -2.37. The molecular formula is C23H26N2O6. The molecule has 8 heteroatoms. The number of ether oxygens (including phenoxy) is 3. The summed E-state index contributed by atoms with van der Waals surface area (Å²) >= 11 is 0. The lowest BCUT2D eigenvalue weighted by Gasteiger charge is -2.22. The first-order valence-corrected chi connectivity index (χ1v) is 10.2. The zero-order valence-electron chi connectivity index (χ0n) is 17.7. The highest BCUT2D eigenvalue weighted by Gasteiger charge is 2.24. The molecule has 0 atom stereocenters. The summed E-state index contributed by atoms with van der Waals surface area (Å²) in [6, 6.07) is 13.4. The molecule has 8 nitrogen and oxygen atoms in total. The molecule has 2 amide bonds. The average Bonchev–Trinajstić information content (AvgIpc) is 3.05. The summed E-state index contributed by atoms with van der Waals surface area (Å²) in [5, 5.41) is 0. The maximum Gasteiger partial charge on any atom is 0.513 e. The molecule has 0 spiro atoms. The molecule has 1 saturated heterocycles. The number of carbonyl (C=O) groups excluding carboxylic acids is 3. The van der Waals surface area contributed by atoms with Crippen molar-refractivity contribution in [3.05, 3.63) is 59.7 Å². The number of carbonyl (C=O) groups is 3. The third-order valence-corrected chi connectivity index (χ3v) is 4.95. The molecule has 0 aromatic heterocycles. The minimum atomic E-state index is -0.783. The minimum absolute atomic E-state index is 0.0753. The van der Waals surface area contributed by atoms with Gasteiger partial charge in [-0.15, -0.1) is 0 Å². The Morgan fingerprint density at radius 2 is 1.48 bits per heavy atom. The molecule has 2 aromatic rings. The van der Waals surface area contributed by atoms with Gasteiger partial charge in [-0.1, -0.05) is 6.07 Å². The van der Waals surface area contributed by atoms with Crippen molar-refractivity contribution < 1.29 is 28.6 Å². The first-order chi connectivity index (χ1) is 15.0. The van der Waals surface area contributed by atoms with Crippen LogP contribution in [0.4, 0.5) is 4.79 Å². The highest BCUT2D eigenvalue weighted by atomic mass is 16.7.